The first-order valence-electron chi connectivity index (χ1n) is 1.64. The van der Waals surface area contributed by atoms with Gasteiger partial charge in [0.2, 0.25) is 0 Å². The van der Waals surface area contributed by atoms with E-state index >= 15 is 0 Å². The second kappa shape index (κ2) is 3.58. The van der Waals surface area contributed by atoms with Crippen LogP contribution >= 0.6 is 0 Å². The van der Waals surface area contributed by atoms with E-state index in [0.717, 1.165) is 0 Å². The normalized spacial score (nSPS) is 8.29. The number of ether oxygens (including phenoxy) is 1. The Kier molecular flexibility index (Phi) is 3.26. The molecule has 0 fully saturated rings. The van der Waals surface area contributed by atoms with Gasteiger partial charge < -0.3 is 4.74 Å². The fourth-order valence-electron chi connectivity index (χ4n) is 0.112. The minimum Gasteiger partial charge on any atom is -0.467 e. The summed E-state index contributed by atoms with van der Waals surface area (Å²) in [7, 11) is 1.21. The predicted molar refractivity (Wildman–Crippen MR) is 20.6 cm³/mol. The molecule has 0 spiro atoms. The van der Waals surface area contributed by atoms with E-state index in [1.807, 2.05) is 0 Å². The molecule has 0 rings (SSSR count). The van der Waals surface area contributed by atoms with Crippen molar-refractivity contribution in [3.63, 3.8) is 0 Å². The van der Waals surface area contributed by atoms with Crippen LogP contribution in [0, 0.1) is 0 Å². The zero-order chi connectivity index (χ0) is 5.70. The monoisotopic (exact) mass is 106 g/mol. The van der Waals surface area contributed by atoms with E-state index in [1.165, 1.54) is 7.11 Å². The lowest BCUT2D eigenvalue weighted by atomic mass is 10.8. The summed E-state index contributed by atoms with van der Waals surface area (Å²) in [6, 6.07) is 0. The van der Waals surface area contributed by atoms with Crippen molar-refractivity contribution >= 4 is 5.97 Å². The van der Waals surface area contributed by atoms with Gasteiger partial charge in [-0.1, -0.05) is 0 Å². The van der Waals surface area contributed by atoms with Crippen LogP contribution in [0.1, 0.15) is 0 Å². The molecule has 0 aromatic carbocycles. The topological polar surface area (TPSA) is 55.8 Å². The Bertz CT molecular complexity index is 60.0. The molecule has 42 valence electrons. The fourth-order valence-corrected chi connectivity index (χ4v) is 0.112. The summed E-state index contributed by atoms with van der Waals surface area (Å²) in [5, 5.41) is 7.57. The van der Waals surface area contributed by atoms with Crippen molar-refractivity contribution in [2.45, 2.75) is 0 Å². The van der Waals surface area contributed by atoms with Crippen LogP contribution in [0.2, 0.25) is 0 Å². The largest absolute Gasteiger partial charge is 0.467 e. The fraction of sp³-hybridized carbons (Fsp3) is 0.667. The molecule has 0 saturated carbocycles. The van der Waals surface area contributed by atoms with Gasteiger partial charge in [0.15, 0.2) is 6.61 Å². The van der Waals surface area contributed by atoms with Gasteiger partial charge in [0.05, 0.1) is 7.11 Å². The number of carbonyl (C=O) groups is 1. The molecule has 7 heavy (non-hydrogen) atoms. The molecule has 0 radical (unpaired) electrons. The first-order valence-corrected chi connectivity index (χ1v) is 1.64. The molecule has 0 unspecified atom stereocenters. The van der Waals surface area contributed by atoms with Crippen LogP contribution in [0.4, 0.5) is 0 Å². The molecule has 0 atom stereocenters. The van der Waals surface area contributed by atoms with Gasteiger partial charge >= 0.3 is 5.97 Å². The van der Waals surface area contributed by atoms with Gasteiger partial charge in [0.25, 0.3) is 0 Å². The molecule has 0 aliphatic carbocycles. The minimum atomic E-state index is -0.595. The van der Waals surface area contributed by atoms with Crippen LogP contribution in [0.5, 0.6) is 0 Å². The summed E-state index contributed by atoms with van der Waals surface area (Å²) in [6.07, 6.45) is 0. The van der Waals surface area contributed by atoms with Crippen LogP contribution in [0.3, 0.4) is 0 Å². The molecule has 1 N–H and O–H groups in total. The Labute approximate surface area is 40.6 Å². The van der Waals surface area contributed by atoms with E-state index in [4.69, 9.17) is 5.26 Å². The predicted octanol–water partition coefficient (Wildman–Crippen LogP) is -0.351. The first-order chi connectivity index (χ1) is 3.31. The lowest BCUT2D eigenvalue weighted by molar-refractivity contribution is -0.244. The summed E-state index contributed by atoms with van der Waals surface area (Å²) < 4.78 is 4.07. The quantitative estimate of drug-likeness (QED) is 0.297. The molecule has 0 amide bonds. The average molecular weight is 106 g/mol. The van der Waals surface area contributed by atoms with Crippen molar-refractivity contribution in [2.24, 2.45) is 0 Å². The molecular formula is C3H6O4. The van der Waals surface area contributed by atoms with Crippen LogP contribution in [0.25, 0.3) is 0 Å². The zero-order valence-electron chi connectivity index (χ0n) is 3.88. The molecule has 0 saturated heterocycles. The maximum Gasteiger partial charge on any atom is 0.335 e. The minimum absolute atomic E-state index is 0.406. The smallest absolute Gasteiger partial charge is 0.335 e. The number of rotatable bonds is 2. The molecule has 0 aromatic heterocycles. The van der Waals surface area contributed by atoms with E-state index in [1.54, 1.807) is 0 Å². The van der Waals surface area contributed by atoms with Gasteiger partial charge in [-0.15, -0.1) is 0 Å². The third-order valence-electron chi connectivity index (χ3n) is 0.410. The molecule has 4 heteroatoms. The highest BCUT2D eigenvalue weighted by atomic mass is 17.1. The van der Waals surface area contributed by atoms with E-state index < -0.39 is 12.6 Å². The number of carbonyl (C=O) groups excluding carboxylic acids is 1. The molecule has 0 aromatic rings. The van der Waals surface area contributed by atoms with Crippen molar-refractivity contribution in [2.75, 3.05) is 13.7 Å². The summed E-state index contributed by atoms with van der Waals surface area (Å²) in [5.41, 5.74) is 0. The van der Waals surface area contributed by atoms with Gasteiger partial charge in [-0.2, -0.15) is 0 Å². The van der Waals surface area contributed by atoms with E-state index in [9.17, 15) is 4.79 Å². The van der Waals surface area contributed by atoms with Crippen LogP contribution in [-0.2, 0) is 14.4 Å². The number of methoxy groups -OCH3 is 1. The maximum atomic E-state index is 9.90. The Balaban J connectivity index is 3.00. The third kappa shape index (κ3) is 3.21. The average Bonchev–Trinajstić information content (AvgIpc) is 1.68. The highest BCUT2D eigenvalue weighted by Gasteiger charge is 1.95. The van der Waals surface area contributed by atoms with Crippen molar-refractivity contribution in [1.29, 1.82) is 0 Å². The Hall–Kier alpha value is -0.610. The summed E-state index contributed by atoms with van der Waals surface area (Å²) in [6.45, 7) is -0.406. The van der Waals surface area contributed by atoms with Gasteiger partial charge in [-0.25, -0.2) is 9.68 Å². The van der Waals surface area contributed by atoms with Gasteiger partial charge in [-0.05, 0) is 0 Å². The standard InChI is InChI=1S/C3H6O4/c1-6-3(4)2-7-5/h5H,2H2,1H3. The first kappa shape index (κ1) is 6.39. The highest BCUT2D eigenvalue weighted by Crippen LogP contribution is 1.70. The van der Waals surface area contributed by atoms with Crippen LogP contribution in [0.15, 0.2) is 0 Å². The van der Waals surface area contributed by atoms with Crippen LogP contribution in [-0.4, -0.2) is 24.9 Å². The second-order valence-electron chi connectivity index (χ2n) is 0.850. The van der Waals surface area contributed by atoms with Crippen LogP contribution < -0.4 is 0 Å². The van der Waals surface area contributed by atoms with E-state index in [2.05, 4.69) is 9.62 Å². The van der Waals surface area contributed by atoms with Crippen molar-refractivity contribution < 1.29 is 19.7 Å². The molecule has 0 heterocycles. The number of hydrogen-bond acceptors (Lipinski definition) is 4. The zero-order valence-corrected chi connectivity index (χ0v) is 3.88. The lowest BCUT2D eigenvalue weighted by Crippen LogP contribution is -2.07. The SMILES string of the molecule is COC(=O)COO. The van der Waals surface area contributed by atoms with Crippen molar-refractivity contribution in [3.8, 4) is 0 Å². The maximum absolute atomic E-state index is 9.90. The molecule has 0 bridgehead atoms. The third-order valence-corrected chi connectivity index (χ3v) is 0.410. The Morgan fingerprint density at radius 2 is 2.43 bits per heavy atom. The summed E-state index contributed by atoms with van der Waals surface area (Å²) in [5.74, 6) is -0.595. The molecular weight excluding hydrogens is 100 g/mol. The van der Waals surface area contributed by atoms with E-state index in [0.29, 0.717) is 0 Å². The number of esters is 1. The second-order valence-corrected chi connectivity index (χ2v) is 0.850. The molecule has 0 aliphatic rings. The van der Waals surface area contributed by atoms with Gasteiger partial charge in [-0.3, -0.25) is 5.26 Å². The lowest BCUT2D eigenvalue weighted by Gasteiger charge is -1.90. The van der Waals surface area contributed by atoms with Gasteiger partial charge in [0, 0.05) is 0 Å². The molecule has 0 aliphatic heterocycles. The van der Waals surface area contributed by atoms with Crippen molar-refractivity contribution in [3.05, 3.63) is 0 Å². The number of hydrogen-bond donors (Lipinski definition) is 1. The van der Waals surface area contributed by atoms with Gasteiger partial charge in [0.1, 0.15) is 0 Å². The summed E-state index contributed by atoms with van der Waals surface area (Å²) >= 11 is 0. The summed E-state index contributed by atoms with van der Waals surface area (Å²) in [4.78, 5) is 13.3. The Morgan fingerprint density at radius 3 is 2.57 bits per heavy atom. The Morgan fingerprint density at radius 1 is 1.86 bits per heavy atom. The highest BCUT2D eigenvalue weighted by molar-refractivity contribution is 5.70. The van der Waals surface area contributed by atoms with Crippen molar-refractivity contribution in [1.82, 2.24) is 0 Å². The van der Waals surface area contributed by atoms with E-state index in [-0.39, 0.29) is 0 Å². The molecule has 4 nitrogen and oxygen atoms in total.